The van der Waals surface area contributed by atoms with Crippen molar-refractivity contribution in [2.24, 2.45) is 0 Å². The predicted octanol–water partition coefficient (Wildman–Crippen LogP) is 3.01. The SMILES string of the molecule is CCOc1ccc(NS(=O)(=O)c2cc(C(=O)NNC(=O)c3cccnc3)ccc2Cl)cc1. The number of amides is 2. The number of carbonyl (C=O) groups is 2. The molecule has 2 aromatic carbocycles. The molecule has 11 heteroatoms. The number of carbonyl (C=O) groups excluding carboxylic acids is 2. The van der Waals surface area contributed by atoms with E-state index < -0.39 is 21.8 Å². The van der Waals surface area contributed by atoms with E-state index in [0.29, 0.717) is 18.0 Å². The molecule has 0 aliphatic heterocycles. The Hall–Kier alpha value is -3.63. The summed E-state index contributed by atoms with van der Waals surface area (Å²) in [4.78, 5) is 28.0. The molecule has 0 spiro atoms. The lowest BCUT2D eigenvalue weighted by molar-refractivity contribution is 0.0846. The molecule has 0 bridgehead atoms. The van der Waals surface area contributed by atoms with Gasteiger partial charge >= 0.3 is 0 Å². The minimum absolute atomic E-state index is 0.0204. The number of ether oxygens (including phenoxy) is 1. The summed E-state index contributed by atoms with van der Waals surface area (Å²) in [5, 5.41) is -0.0700. The molecule has 0 unspecified atom stereocenters. The van der Waals surface area contributed by atoms with E-state index >= 15 is 0 Å². The maximum absolute atomic E-state index is 12.8. The number of hydrogen-bond acceptors (Lipinski definition) is 6. The van der Waals surface area contributed by atoms with Crippen LogP contribution < -0.4 is 20.3 Å². The Bertz CT molecular complexity index is 1220. The fraction of sp³-hybridized carbons (Fsp3) is 0.0952. The second kappa shape index (κ2) is 10.1. The van der Waals surface area contributed by atoms with Crippen LogP contribution in [0.2, 0.25) is 5.02 Å². The monoisotopic (exact) mass is 474 g/mol. The molecule has 0 atom stereocenters. The van der Waals surface area contributed by atoms with Crippen LogP contribution >= 0.6 is 11.6 Å². The maximum atomic E-state index is 12.8. The minimum Gasteiger partial charge on any atom is -0.494 e. The van der Waals surface area contributed by atoms with Crippen molar-refractivity contribution in [1.29, 1.82) is 0 Å². The number of hydrazine groups is 1. The molecule has 3 N–H and O–H groups in total. The molecule has 0 saturated heterocycles. The first kappa shape index (κ1) is 23.0. The number of nitrogens with one attached hydrogen (secondary N) is 3. The van der Waals surface area contributed by atoms with Gasteiger partial charge in [-0.05, 0) is 61.5 Å². The molecule has 0 saturated carbocycles. The van der Waals surface area contributed by atoms with Crippen LogP contribution in [-0.4, -0.2) is 31.8 Å². The molecule has 1 heterocycles. The molecule has 32 heavy (non-hydrogen) atoms. The van der Waals surface area contributed by atoms with Crippen molar-refractivity contribution in [3.05, 3.63) is 83.1 Å². The topological polar surface area (TPSA) is 126 Å². The maximum Gasteiger partial charge on any atom is 0.271 e. The fourth-order valence-electron chi connectivity index (χ4n) is 2.60. The average molecular weight is 475 g/mol. The Morgan fingerprint density at radius 2 is 1.69 bits per heavy atom. The van der Waals surface area contributed by atoms with Gasteiger partial charge in [0.1, 0.15) is 10.6 Å². The van der Waals surface area contributed by atoms with Gasteiger partial charge in [0, 0.05) is 23.6 Å². The van der Waals surface area contributed by atoms with Gasteiger partial charge in [-0.25, -0.2) is 8.42 Å². The summed E-state index contributed by atoms with van der Waals surface area (Å²) in [6.45, 7) is 2.32. The van der Waals surface area contributed by atoms with Crippen LogP contribution in [0.1, 0.15) is 27.6 Å². The number of hydrogen-bond donors (Lipinski definition) is 3. The summed E-state index contributed by atoms with van der Waals surface area (Å²) in [6, 6.07) is 13.2. The third-order valence-electron chi connectivity index (χ3n) is 4.11. The number of pyridine rings is 1. The Morgan fingerprint density at radius 1 is 1.00 bits per heavy atom. The van der Waals surface area contributed by atoms with Crippen molar-refractivity contribution >= 4 is 39.1 Å². The Morgan fingerprint density at radius 3 is 2.31 bits per heavy atom. The Labute approximate surface area is 189 Å². The Kier molecular flexibility index (Phi) is 7.29. The molecule has 0 radical (unpaired) electrons. The van der Waals surface area contributed by atoms with Crippen LogP contribution in [0.5, 0.6) is 5.75 Å². The van der Waals surface area contributed by atoms with E-state index in [9.17, 15) is 18.0 Å². The van der Waals surface area contributed by atoms with E-state index in [1.165, 1.54) is 30.6 Å². The molecular weight excluding hydrogens is 456 g/mol. The quantitative estimate of drug-likeness (QED) is 0.452. The fourth-order valence-corrected chi connectivity index (χ4v) is 4.19. The predicted molar refractivity (Wildman–Crippen MR) is 119 cm³/mol. The third kappa shape index (κ3) is 5.74. The minimum atomic E-state index is -4.10. The number of rotatable bonds is 7. The first-order valence-corrected chi connectivity index (χ1v) is 11.2. The van der Waals surface area contributed by atoms with Gasteiger partial charge in [-0.2, -0.15) is 0 Å². The number of sulfonamides is 1. The zero-order chi connectivity index (χ0) is 23.1. The van der Waals surface area contributed by atoms with E-state index in [2.05, 4.69) is 20.6 Å². The summed E-state index contributed by atoms with van der Waals surface area (Å²) in [6.07, 6.45) is 2.84. The number of halogens is 1. The molecule has 0 aliphatic rings. The van der Waals surface area contributed by atoms with Gasteiger partial charge in [0.2, 0.25) is 0 Å². The first-order valence-electron chi connectivity index (χ1n) is 9.36. The standard InChI is InChI=1S/C21H19ClN4O5S/c1-2-31-17-8-6-16(7-9-17)26-32(29,30)19-12-14(5-10-18(19)22)20(27)24-25-21(28)15-4-3-11-23-13-15/h3-13,26H,2H2,1H3,(H,24,27)(H,25,28). The summed E-state index contributed by atoms with van der Waals surface area (Å²) in [5.41, 5.74) is 4.98. The normalized spacial score (nSPS) is 10.8. The van der Waals surface area contributed by atoms with E-state index in [0.717, 1.165) is 6.07 Å². The molecule has 0 fully saturated rings. The number of aromatic nitrogens is 1. The zero-order valence-corrected chi connectivity index (χ0v) is 18.4. The van der Waals surface area contributed by atoms with E-state index in [-0.39, 0.29) is 21.0 Å². The lowest BCUT2D eigenvalue weighted by atomic mass is 10.2. The Balaban J connectivity index is 1.73. The number of anilines is 1. The van der Waals surface area contributed by atoms with Crippen molar-refractivity contribution in [2.75, 3.05) is 11.3 Å². The van der Waals surface area contributed by atoms with Gasteiger partial charge in [-0.15, -0.1) is 0 Å². The first-order chi connectivity index (χ1) is 15.3. The van der Waals surface area contributed by atoms with Gasteiger partial charge < -0.3 is 4.74 Å². The summed E-state index contributed by atoms with van der Waals surface area (Å²) >= 11 is 6.08. The van der Waals surface area contributed by atoms with Crippen molar-refractivity contribution in [3.8, 4) is 5.75 Å². The van der Waals surface area contributed by atoms with E-state index in [1.807, 2.05) is 6.92 Å². The lowest BCUT2D eigenvalue weighted by Gasteiger charge is -2.12. The molecule has 1 aromatic heterocycles. The summed E-state index contributed by atoms with van der Waals surface area (Å²) in [5.74, 6) is -0.706. The molecule has 9 nitrogen and oxygen atoms in total. The second-order valence-corrected chi connectivity index (χ2v) is 8.42. The van der Waals surface area contributed by atoms with Gasteiger partial charge in [-0.3, -0.25) is 30.1 Å². The highest BCUT2D eigenvalue weighted by atomic mass is 35.5. The highest BCUT2D eigenvalue weighted by Gasteiger charge is 2.21. The van der Waals surface area contributed by atoms with Gasteiger partial charge in [0.05, 0.1) is 17.2 Å². The van der Waals surface area contributed by atoms with Gasteiger partial charge in [0.15, 0.2) is 0 Å². The second-order valence-electron chi connectivity index (χ2n) is 6.36. The smallest absolute Gasteiger partial charge is 0.271 e. The largest absolute Gasteiger partial charge is 0.494 e. The molecular formula is C21H19ClN4O5S. The van der Waals surface area contributed by atoms with Crippen molar-refractivity contribution in [2.45, 2.75) is 11.8 Å². The van der Waals surface area contributed by atoms with Crippen LogP contribution in [0, 0.1) is 0 Å². The number of nitrogens with zero attached hydrogens (tertiary/aromatic N) is 1. The molecule has 2 amide bonds. The van der Waals surface area contributed by atoms with Gasteiger partial charge in [0.25, 0.3) is 21.8 Å². The third-order valence-corrected chi connectivity index (χ3v) is 5.98. The summed E-state index contributed by atoms with van der Waals surface area (Å²) in [7, 11) is -4.10. The van der Waals surface area contributed by atoms with Crippen molar-refractivity contribution in [1.82, 2.24) is 15.8 Å². The zero-order valence-electron chi connectivity index (χ0n) is 16.8. The van der Waals surface area contributed by atoms with Crippen LogP contribution in [0.3, 0.4) is 0 Å². The molecule has 0 aliphatic carbocycles. The highest BCUT2D eigenvalue weighted by Crippen LogP contribution is 2.26. The van der Waals surface area contributed by atoms with Crippen LogP contribution in [0.15, 0.2) is 71.9 Å². The lowest BCUT2D eigenvalue weighted by Crippen LogP contribution is -2.41. The molecule has 166 valence electrons. The van der Waals surface area contributed by atoms with E-state index in [4.69, 9.17) is 16.3 Å². The van der Waals surface area contributed by atoms with Crippen molar-refractivity contribution in [3.63, 3.8) is 0 Å². The van der Waals surface area contributed by atoms with Crippen LogP contribution in [-0.2, 0) is 10.0 Å². The van der Waals surface area contributed by atoms with Crippen LogP contribution in [0.4, 0.5) is 5.69 Å². The van der Waals surface area contributed by atoms with E-state index in [1.54, 1.807) is 30.3 Å². The van der Waals surface area contributed by atoms with Gasteiger partial charge in [-0.1, -0.05) is 11.6 Å². The molecule has 3 rings (SSSR count). The summed E-state index contributed by atoms with van der Waals surface area (Å²) < 4.78 is 33.4. The molecule has 3 aromatic rings. The highest BCUT2D eigenvalue weighted by molar-refractivity contribution is 7.92. The van der Waals surface area contributed by atoms with Crippen molar-refractivity contribution < 1.29 is 22.7 Å². The number of benzene rings is 2. The van der Waals surface area contributed by atoms with Crippen LogP contribution in [0.25, 0.3) is 0 Å². The average Bonchev–Trinajstić information content (AvgIpc) is 2.79.